The molecular formula is C16H23NO. The fraction of sp³-hybridized carbons (Fsp3) is 0.625. The van der Waals surface area contributed by atoms with Crippen molar-refractivity contribution in [2.75, 3.05) is 13.2 Å². The Morgan fingerprint density at radius 1 is 1.22 bits per heavy atom. The molecule has 0 aromatic heterocycles. The van der Waals surface area contributed by atoms with Gasteiger partial charge in [0.2, 0.25) is 0 Å². The molecule has 0 saturated heterocycles. The van der Waals surface area contributed by atoms with Gasteiger partial charge in [-0.15, -0.1) is 0 Å². The van der Waals surface area contributed by atoms with E-state index >= 15 is 0 Å². The van der Waals surface area contributed by atoms with Crippen LogP contribution in [0.2, 0.25) is 0 Å². The molecule has 0 bridgehead atoms. The van der Waals surface area contributed by atoms with Crippen molar-refractivity contribution in [2.45, 2.75) is 44.6 Å². The highest BCUT2D eigenvalue weighted by atomic mass is 16.5. The molecule has 18 heavy (non-hydrogen) atoms. The standard InChI is InChI=1S/C16H23NO/c1-12-6-7-14(10-12)17-11-13-8-9-18-16-5-3-2-4-15(13)16/h2-5,12-14,17H,6-11H2,1H3. The van der Waals surface area contributed by atoms with E-state index in [1.807, 2.05) is 0 Å². The molecule has 0 radical (unpaired) electrons. The third-order valence-corrected chi connectivity index (χ3v) is 4.43. The number of para-hydroxylation sites is 1. The van der Waals surface area contributed by atoms with E-state index in [0.717, 1.165) is 37.3 Å². The van der Waals surface area contributed by atoms with Crippen molar-refractivity contribution < 1.29 is 4.74 Å². The van der Waals surface area contributed by atoms with Crippen molar-refractivity contribution in [1.82, 2.24) is 5.32 Å². The molecule has 2 aliphatic rings. The summed E-state index contributed by atoms with van der Waals surface area (Å²) in [4.78, 5) is 0. The van der Waals surface area contributed by atoms with Crippen LogP contribution in [0.5, 0.6) is 5.75 Å². The van der Waals surface area contributed by atoms with Crippen molar-refractivity contribution in [2.24, 2.45) is 5.92 Å². The predicted octanol–water partition coefficient (Wildman–Crippen LogP) is 3.33. The summed E-state index contributed by atoms with van der Waals surface area (Å²) >= 11 is 0. The number of hydrogen-bond donors (Lipinski definition) is 1. The van der Waals surface area contributed by atoms with Gasteiger partial charge in [-0.25, -0.2) is 0 Å². The second kappa shape index (κ2) is 5.31. The average Bonchev–Trinajstić information content (AvgIpc) is 2.82. The molecule has 3 unspecified atom stereocenters. The number of nitrogens with one attached hydrogen (secondary N) is 1. The van der Waals surface area contributed by atoms with Gasteiger partial charge in [0.1, 0.15) is 5.75 Å². The fourth-order valence-corrected chi connectivity index (χ4v) is 3.33. The maximum absolute atomic E-state index is 5.71. The van der Waals surface area contributed by atoms with E-state index in [9.17, 15) is 0 Å². The molecule has 1 aromatic rings. The highest BCUT2D eigenvalue weighted by molar-refractivity contribution is 5.37. The molecule has 3 rings (SSSR count). The van der Waals surface area contributed by atoms with E-state index in [-0.39, 0.29) is 0 Å². The van der Waals surface area contributed by atoms with Crippen LogP contribution in [0.15, 0.2) is 24.3 Å². The van der Waals surface area contributed by atoms with Gasteiger partial charge in [-0.05, 0) is 43.2 Å². The first kappa shape index (κ1) is 12.0. The third-order valence-electron chi connectivity index (χ3n) is 4.43. The van der Waals surface area contributed by atoms with Crippen molar-refractivity contribution in [3.63, 3.8) is 0 Å². The van der Waals surface area contributed by atoms with Gasteiger partial charge in [-0.2, -0.15) is 0 Å². The molecule has 98 valence electrons. The Balaban J connectivity index is 1.60. The first-order valence-electron chi connectivity index (χ1n) is 7.28. The van der Waals surface area contributed by atoms with Crippen LogP contribution in [0.1, 0.15) is 44.1 Å². The Bertz CT molecular complexity index is 404. The highest BCUT2D eigenvalue weighted by Crippen LogP contribution is 2.33. The average molecular weight is 245 g/mol. The molecule has 1 saturated carbocycles. The Kier molecular flexibility index (Phi) is 3.55. The number of benzene rings is 1. The molecular weight excluding hydrogens is 222 g/mol. The van der Waals surface area contributed by atoms with Crippen molar-refractivity contribution in [3.05, 3.63) is 29.8 Å². The van der Waals surface area contributed by atoms with Crippen LogP contribution in [-0.4, -0.2) is 19.2 Å². The minimum atomic E-state index is 0.630. The Morgan fingerprint density at radius 3 is 2.94 bits per heavy atom. The van der Waals surface area contributed by atoms with Crippen LogP contribution in [0, 0.1) is 5.92 Å². The highest BCUT2D eigenvalue weighted by Gasteiger charge is 2.24. The van der Waals surface area contributed by atoms with E-state index in [4.69, 9.17) is 4.74 Å². The van der Waals surface area contributed by atoms with Gasteiger partial charge in [-0.1, -0.05) is 25.1 Å². The Morgan fingerprint density at radius 2 is 2.11 bits per heavy atom. The predicted molar refractivity (Wildman–Crippen MR) is 74.1 cm³/mol. The topological polar surface area (TPSA) is 21.3 Å². The zero-order chi connectivity index (χ0) is 12.4. The van der Waals surface area contributed by atoms with Gasteiger partial charge < -0.3 is 10.1 Å². The molecule has 1 aromatic carbocycles. The van der Waals surface area contributed by atoms with Gasteiger partial charge in [0.25, 0.3) is 0 Å². The lowest BCUT2D eigenvalue weighted by atomic mass is 9.93. The van der Waals surface area contributed by atoms with E-state index in [2.05, 4.69) is 36.5 Å². The molecule has 1 aliphatic heterocycles. The van der Waals surface area contributed by atoms with E-state index < -0.39 is 0 Å². The van der Waals surface area contributed by atoms with E-state index in [0.29, 0.717) is 5.92 Å². The summed E-state index contributed by atoms with van der Waals surface area (Å²) in [6.07, 6.45) is 5.24. The summed E-state index contributed by atoms with van der Waals surface area (Å²) in [7, 11) is 0. The largest absolute Gasteiger partial charge is 0.493 e. The van der Waals surface area contributed by atoms with Gasteiger partial charge >= 0.3 is 0 Å². The zero-order valence-electron chi connectivity index (χ0n) is 11.2. The van der Waals surface area contributed by atoms with Gasteiger partial charge in [0.15, 0.2) is 0 Å². The molecule has 2 nitrogen and oxygen atoms in total. The number of fused-ring (bicyclic) bond motifs is 1. The maximum Gasteiger partial charge on any atom is 0.122 e. The van der Waals surface area contributed by atoms with Crippen molar-refractivity contribution in [1.29, 1.82) is 0 Å². The third kappa shape index (κ3) is 2.54. The number of hydrogen-bond acceptors (Lipinski definition) is 2. The quantitative estimate of drug-likeness (QED) is 0.882. The lowest BCUT2D eigenvalue weighted by Gasteiger charge is -2.27. The molecule has 3 atom stereocenters. The van der Waals surface area contributed by atoms with Gasteiger partial charge in [0, 0.05) is 18.5 Å². The normalized spacial score (nSPS) is 30.8. The summed E-state index contributed by atoms with van der Waals surface area (Å²) in [5.41, 5.74) is 1.39. The van der Waals surface area contributed by atoms with E-state index in [1.165, 1.54) is 24.8 Å². The maximum atomic E-state index is 5.71. The lowest BCUT2D eigenvalue weighted by molar-refractivity contribution is 0.262. The van der Waals surface area contributed by atoms with Gasteiger partial charge in [0.05, 0.1) is 6.61 Å². The SMILES string of the molecule is CC1CCC(NCC2CCOc3ccccc32)C1. The van der Waals surface area contributed by atoms with E-state index in [1.54, 1.807) is 0 Å². The van der Waals surface area contributed by atoms with Gasteiger partial charge in [-0.3, -0.25) is 0 Å². The summed E-state index contributed by atoms with van der Waals surface area (Å²) < 4.78 is 5.71. The molecule has 1 aliphatic carbocycles. The Hall–Kier alpha value is -1.02. The monoisotopic (exact) mass is 245 g/mol. The second-order valence-electron chi connectivity index (χ2n) is 5.90. The molecule has 1 fully saturated rings. The van der Waals surface area contributed by atoms with Crippen LogP contribution in [-0.2, 0) is 0 Å². The molecule has 0 spiro atoms. The van der Waals surface area contributed by atoms with Crippen molar-refractivity contribution in [3.8, 4) is 5.75 Å². The van der Waals surface area contributed by atoms with Crippen LogP contribution < -0.4 is 10.1 Å². The minimum Gasteiger partial charge on any atom is -0.493 e. The molecule has 1 heterocycles. The van der Waals surface area contributed by atoms with Crippen LogP contribution >= 0.6 is 0 Å². The van der Waals surface area contributed by atoms with Crippen LogP contribution in [0.4, 0.5) is 0 Å². The fourth-order valence-electron chi connectivity index (χ4n) is 3.33. The summed E-state index contributed by atoms with van der Waals surface area (Å²) in [6, 6.07) is 9.25. The molecule has 0 amide bonds. The zero-order valence-corrected chi connectivity index (χ0v) is 11.2. The molecule has 2 heteroatoms. The lowest BCUT2D eigenvalue weighted by Crippen LogP contribution is -2.32. The summed E-state index contributed by atoms with van der Waals surface area (Å²) in [5, 5.41) is 3.77. The smallest absolute Gasteiger partial charge is 0.122 e. The summed E-state index contributed by atoms with van der Waals surface area (Å²) in [6.45, 7) is 4.34. The first-order valence-corrected chi connectivity index (χ1v) is 7.28. The van der Waals surface area contributed by atoms with Crippen LogP contribution in [0.25, 0.3) is 0 Å². The number of rotatable bonds is 3. The molecule has 1 N–H and O–H groups in total. The second-order valence-corrected chi connectivity index (χ2v) is 5.90. The number of ether oxygens (including phenoxy) is 1. The van der Waals surface area contributed by atoms with Crippen LogP contribution in [0.3, 0.4) is 0 Å². The summed E-state index contributed by atoms with van der Waals surface area (Å²) in [5.74, 6) is 2.63. The van der Waals surface area contributed by atoms with Crippen molar-refractivity contribution >= 4 is 0 Å². The first-order chi connectivity index (χ1) is 8.83. The Labute approximate surface area is 110 Å². The minimum absolute atomic E-state index is 0.630.